The summed E-state index contributed by atoms with van der Waals surface area (Å²) in [6.07, 6.45) is 44.7. The van der Waals surface area contributed by atoms with Gasteiger partial charge in [-0.15, -0.1) is 0 Å². The summed E-state index contributed by atoms with van der Waals surface area (Å²) >= 11 is 0. The molecule has 0 aliphatic carbocycles. The van der Waals surface area contributed by atoms with E-state index in [-0.39, 0.29) is 25.7 Å². The number of aliphatic hydroxyl groups is 1. The fourth-order valence-corrected chi connectivity index (χ4v) is 11.8. The minimum atomic E-state index is -4.95. The highest BCUT2D eigenvalue weighted by Gasteiger charge is 2.30. The van der Waals surface area contributed by atoms with E-state index in [4.69, 9.17) is 37.0 Å². The number of phosphoric acid groups is 2. The van der Waals surface area contributed by atoms with Crippen LogP contribution in [0.4, 0.5) is 0 Å². The molecule has 0 rings (SSSR count). The van der Waals surface area contributed by atoms with Crippen LogP contribution in [-0.2, 0) is 65.4 Å². The van der Waals surface area contributed by atoms with Crippen molar-refractivity contribution < 1.29 is 80.2 Å². The quantitative estimate of drug-likeness (QED) is 0.0222. The Bertz CT molecular complexity index is 1700. The van der Waals surface area contributed by atoms with Crippen LogP contribution < -0.4 is 0 Å². The lowest BCUT2D eigenvalue weighted by atomic mass is 9.99. The van der Waals surface area contributed by atoms with E-state index in [1.54, 1.807) is 0 Å². The molecule has 6 atom stereocenters. The van der Waals surface area contributed by atoms with E-state index < -0.39 is 97.5 Å². The standard InChI is InChI=1S/C68H132O17P2/c1-7-10-12-14-30-38-44-50-65(70)78-56-63(84-67(72)52-46-40-31-15-13-11-8-2)58-82-86(74,75)80-54-62(69)55-81-87(76,77)83-59-64(57-79-66(71)51-45-39-34-28-24-21-20-22-26-32-36-42-48-60(4)5)85-68(73)53-47-41-35-29-25-19-17-16-18-23-27-33-37-43-49-61(6)9-3/h60-64,69H,7-59H2,1-6H3,(H,74,75)(H,76,77)/t61?,62-,63+,64+/m0/s1. The van der Waals surface area contributed by atoms with Crippen LogP contribution in [0.1, 0.15) is 343 Å². The van der Waals surface area contributed by atoms with Crippen molar-refractivity contribution >= 4 is 39.5 Å². The molecule has 3 unspecified atom stereocenters. The minimum absolute atomic E-state index is 0.103. The van der Waals surface area contributed by atoms with Crippen molar-refractivity contribution in [2.45, 2.75) is 362 Å². The summed E-state index contributed by atoms with van der Waals surface area (Å²) in [6.45, 7) is 9.51. The summed E-state index contributed by atoms with van der Waals surface area (Å²) in [5.41, 5.74) is 0. The monoisotopic (exact) mass is 1280 g/mol. The van der Waals surface area contributed by atoms with Gasteiger partial charge in [-0.3, -0.25) is 37.3 Å². The van der Waals surface area contributed by atoms with Crippen LogP contribution in [0.15, 0.2) is 0 Å². The number of phosphoric ester groups is 2. The Morgan fingerprint density at radius 2 is 0.586 bits per heavy atom. The smallest absolute Gasteiger partial charge is 0.462 e. The van der Waals surface area contributed by atoms with Crippen LogP contribution in [0.5, 0.6) is 0 Å². The van der Waals surface area contributed by atoms with E-state index in [0.29, 0.717) is 25.7 Å². The Labute approximate surface area is 530 Å². The van der Waals surface area contributed by atoms with Crippen molar-refractivity contribution in [3.05, 3.63) is 0 Å². The fourth-order valence-electron chi connectivity index (χ4n) is 10.2. The molecule has 0 aromatic carbocycles. The molecule has 0 radical (unpaired) electrons. The zero-order valence-electron chi connectivity index (χ0n) is 56.3. The van der Waals surface area contributed by atoms with Crippen LogP contribution in [0.25, 0.3) is 0 Å². The Kier molecular flexibility index (Phi) is 59.0. The highest BCUT2D eigenvalue weighted by Crippen LogP contribution is 2.45. The van der Waals surface area contributed by atoms with Gasteiger partial charge in [0.05, 0.1) is 26.4 Å². The van der Waals surface area contributed by atoms with E-state index in [9.17, 15) is 43.2 Å². The number of unbranched alkanes of at least 4 members (excludes halogenated alkanes) is 36. The van der Waals surface area contributed by atoms with Crippen molar-refractivity contribution in [2.75, 3.05) is 39.6 Å². The predicted octanol–water partition coefficient (Wildman–Crippen LogP) is 19.2. The number of rotatable bonds is 67. The predicted molar refractivity (Wildman–Crippen MR) is 349 cm³/mol. The second-order valence-electron chi connectivity index (χ2n) is 25.3. The van der Waals surface area contributed by atoms with E-state index >= 15 is 0 Å². The van der Waals surface area contributed by atoms with Crippen LogP contribution >= 0.6 is 15.6 Å². The molecule has 0 aromatic heterocycles. The average molecular weight is 1280 g/mol. The first-order valence-electron chi connectivity index (χ1n) is 35.5. The topological polar surface area (TPSA) is 237 Å². The van der Waals surface area contributed by atoms with Crippen molar-refractivity contribution in [1.82, 2.24) is 0 Å². The summed E-state index contributed by atoms with van der Waals surface area (Å²) in [5.74, 6) is -0.508. The van der Waals surface area contributed by atoms with Crippen molar-refractivity contribution in [2.24, 2.45) is 11.8 Å². The summed E-state index contributed by atoms with van der Waals surface area (Å²) in [5, 5.41) is 10.5. The molecule has 87 heavy (non-hydrogen) atoms. The first kappa shape index (κ1) is 85.1. The van der Waals surface area contributed by atoms with Gasteiger partial charge in [-0.2, -0.15) is 0 Å². The number of carbonyl (C=O) groups is 4. The molecular weight excluding hydrogens is 1150 g/mol. The van der Waals surface area contributed by atoms with Gasteiger partial charge >= 0.3 is 39.5 Å². The molecule has 0 aliphatic rings. The fraction of sp³-hybridized carbons (Fsp3) is 0.941. The number of esters is 4. The third-order valence-electron chi connectivity index (χ3n) is 16.1. The molecule has 0 heterocycles. The summed E-state index contributed by atoms with van der Waals surface area (Å²) in [7, 11) is -9.88. The molecule has 3 N–H and O–H groups in total. The molecule has 0 spiro atoms. The molecule has 17 nitrogen and oxygen atoms in total. The van der Waals surface area contributed by atoms with E-state index in [1.165, 1.54) is 135 Å². The van der Waals surface area contributed by atoms with E-state index in [0.717, 1.165) is 127 Å². The summed E-state index contributed by atoms with van der Waals surface area (Å²) < 4.78 is 68.0. The van der Waals surface area contributed by atoms with Crippen LogP contribution in [0.2, 0.25) is 0 Å². The van der Waals surface area contributed by atoms with Gasteiger partial charge in [0, 0.05) is 25.7 Å². The van der Waals surface area contributed by atoms with Crippen molar-refractivity contribution in [1.29, 1.82) is 0 Å². The van der Waals surface area contributed by atoms with Crippen LogP contribution in [-0.4, -0.2) is 96.7 Å². The highest BCUT2D eigenvalue weighted by atomic mass is 31.2. The van der Waals surface area contributed by atoms with Gasteiger partial charge in [-0.1, -0.05) is 292 Å². The lowest BCUT2D eigenvalue weighted by Crippen LogP contribution is -2.30. The van der Waals surface area contributed by atoms with Gasteiger partial charge in [-0.25, -0.2) is 9.13 Å². The van der Waals surface area contributed by atoms with Gasteiger partial charge in [0.2, 0.25) is 0 Å². The molecule has 0 saturated heterocycles. The number of ether oxygens (including phenoxy) is 4. The molecule has 0 aromatic rings. The minimum Gasteiger partial charge on any atom is -0.462 e. The Morgan fingerprint density at radius 1 is 0.333 bits per heavy atom. The number of aliphatic hydroxyl groups excluding tert-OH is 1. The van der Waals surface area contributed by atoms with Gasteiger partial charge in [0.1, 0.15) is 19.3 Å². The number of hydrogen-bond acceptors (Lipinski definition) is 15. The third kappa shape index (κ3) is 61.3. The van der Waals surface area contributed by atoms with E-state index in [1.807, 2.05) is 0 Å². The maximum atomic E-state index is 13.0. The molecule has 0 aliphatic heterocycles. The van der Waals surface area contributed by atoms with Crippen LogP contribution in [0.3, 0.4) is 0 Å². The van der Waals surface area contributed by atoms with Crippen LogP contribution in [0, 0.1) is 11.8 Å². The molecule has 0 saturated carbocycles. The molecule has 0 bridgehead atoms. The van der Waals surface area contributed by atoms with Crippen molar-refractivity contribution in [3.8, 4) is 0 Å². The molecule has 516 valence electrons. The normalized spacial score (nSPS) is 14.5. The van der Waals surface area contributed by atoms with E-state index in [2.05, 4.69) is 41.5 Å². The maximum Gasteiger partial charge on any atom is 0.472 e. The van der Waals surface area contributed by atoms with Gasteiger partial charge < -0.3 is 33.8 Å². The lowest BCUT2D eigenvalue weighted by molar-refractivity contribution is -0.161. The zero-order chi connectivity index (χ0) is 64.3. The maximum absolute atomic E-state index is 13.0. The zero-order valence-corrected chi connectivity index (χ0v) is 58.1. The average Bonchev–Trinajstić information content (AvgIpc) is 3.68. The lowest BCUT2D eigenvalue weighted by Gasteiger charge is -2.21. The highest BCUT2D eigenvalue weighted by molar-refractivity contribution is 7.47. The second kappa shape index (κ2) is 60.3. The largest absolute Gasteiger partial charge is 0.472 e. The van der Waals surface area contributed by atoms with Gasteiger partial charge in [0.25, 0.3) is 0 Å². The third-order valence-corrected chi connectivity index (χ3v) is 18.0. The molecular formula is C68H132O17P2. The first-order chi connectivity index (χ1) is 41.9. The Balaban J connectivity index is 5.16. The number of hydrogen-bond donors (Lipinski definition) is 3. The molecule has 19 heteroatoms. The number of carbonyl (C=O) groups excluding carboxylic acids is 4. The van der Waals surface area contributed by atoms with Crippen molar-refractivity contribution in [3.63, 3.8) is 0 Å². The Hall–Kier alpha value is -1.94. The summed E-state index contributed by atoms with van der Waals surface area (Å²) in [6, 6.07) is 0. The first-order valence-corrected chi connectivity index (χ1v) is 38.5. The second-order valence-corrected chi connectivity index (χ2v) is 28.2. The van der Waals surface area contributed by atoms with Gasteiger partial charge in [-0.05, 0) is 37.5 Å². The molecule has 0 amide bonds. The Morgan fingerprint density at radius 3 is 0.874 bits per heavy atom. The molecule has 0 fully saturated rings. The summed E-state index contributed by atoms with van der Waals surface area (Å²) in [4.78, 5) is 72.2. The van der Waals surface area contributed by atoms with Gasteiger partial charge in [0.15, 0.2) is 12.2 Å². The SMILES string of the molecule is CCCCCCCCCC(=O)OC[C@H](COP(=O)(O)OC[C@H](O)COP(=O)(O)OC[C@@H](COC(=O)CCCCCCCCCCCCCCC(C)C)OC(=O)CCCCCCCCCCCCCCCCC(C)CC)OC(=O)CCCCCCCCC.